The number of amides is 1. The highest BCUT2D eigenvalue weighted by Gasteiger charge is 2.13. The maximum absolute atomic E-state index is 11.5. The number of rotatable bonds is 7. The number of primary amides is 1. The van der Waals surface area contributed by atoms with Crippen LogP contribution in [0.1, 0.15) is 69.4 Å². The van der Waals surface area contributed by atoms with Gasteiger partial charge in [-0.15, -0.1) is 0 Å². The van der Waals surface area contributed by atoms with E-state index in [0.29, 0.717) is 23.8 Å². The van der Waals surface area contributed by atoms with E-state index in [1.54, 1.807) is 12.1 Å². The summed E-state index contributed by atoms with van der Waals surface area (Å²) >= 11 is 0. The first-order valence-electron chi connectivity index (χ1n) is 7.81. The van der Waals surface area contributed by atoms with Gasteiger partial charge in [-0.05, 0) is 30.5 Å². The molecule has 0 fully saturated rings. The quantitative estimate of drug-likeness (QED) is 0.805. The van der Waals surface area contributed by atoms with Gasteiger partial charge in [-0.25, -0.2) is 0 Å². The average Bonchev–Trinajstić information content (AvgIpc) is 2.50. The minimum absolute atomic E-state index is 0.133. The van der Waals surface area contributed by atoms with E-state index in [9.17, 15) is 4.79 Å². The predicted molar refractivity (Wildman–Crippen MR) is 88.5 cm³/mol. The zero-order valence-corrected chi connectivity index (χ0v) is 14.0. The molecule has 0 aliphatic heterocycles. The molecule has 0 saturated carbocycles. The number of hydrogen-bond acceptors (Lipinski definition) is 3. The number of hydrogen-bond donors (Lipinski definition) is 2. The van der Waals surface area contributed by atoms with Crippen molar-refractivity contribution in [3.8, 4) is 5.75 Å². The van der Waals surface area contributed by atoms with Gasteiger partial charge in [-0.1, -0.05) is 46.6 Å². The third kappa shape index (κ3) is 6.17. The van der Waals surface area contributed by atoms with Crippen LogP contribution in [0.5, 0.6) is 5.75 Å². The van der Waals surface area contributed by atoms with Crippen molar-refractivity contribution in [3.63, 3.8) is 0 Å². The molecule has 1 unspecified atom stereocenters. The van der Waals surface area contributed by atoms with Crippen LogP contribution in [0.25, 0.3) is 0 Å². The molecule has 0 saturated heterocycles. The number of carbonyl (C=O) groups excluding carboxylic acids is 1. The van der Waals surface area contributed by atoms with Crippen molar-refractivity contribution in [2.45, 2.75) is 53.5 Å². The van der Waals surface area contributed by atoms with Gasteiger partial charge >= 0.3 is 0 Å². The number of nitrogens with two attached hydrogens (primary N) is 2. The van der Waals surface area contributed by atoms with Crippen molar-refractivity contribution < 1.29 is 9.53 Å². The molecule has 21 heavy (non-hydrogen) atoms. The Kier molecular flexibility index (Phi) is 9.46. The Labute approximate surface area is 128 Å². The summed E-state index contributed by atoms with van der Waals surface area (Å²) in [5.41, 5.74) is 12.5. The van der Waals surface area contributed by atoms with Crippen LogP contribution in [0.3, 0.4) is 0 Å². The largest absolute Gasteiger partial charge is 0.492 e. The molecule has 0 radical (unpaired) electrons. The zero-order valence-electron chi connectivity index (χ0n) is 14.0. The molecule has 4 nitrogen and oxygen atoms in total. The summed E-state index contributed by atoms with van der Waals surface area (Å²) in [6, 6.07) is 5.24. The van der Waals surface area contributed by atoms with Crippen LogP contribution in [0.4, 0.5) is 0 Å². The Bertz CT molecular complexity index is 427. The van der Waals surface area contributed by atoms with Gasteiger partial charge in [0.1, 0.15) is 5.75 Å². The van der Waals surface area contributed by atoms with Gasteiger partial charge in [0.25, 0.3) is 5.91 Å². The van der Waals surface area contributed by atoms with Gasteiger partial charge in [-0.2, -0.15) is 0 Å². The Morgan fingerprint density at radius 2 is 1.81 bits per heavy atom. The predicted octanol–water partition coefficient (Wildman–Crippen LogP) is 3.65. The highest BCUT2D eigenvalue weighted by Crippen LogP contribution is 2.23. The maximum Gasteiger partial charge on any atom is 0.252 e. The van der Waals surface area contributed by atoms with E-state index in [4.69, 9.17) is 16.2 Å². The van der Waals surface area contributed by atoms with Crippen molar-refractivity contribution in [1.29, 1.82) is 0 Å². The summed E-state index contributed by atoms with van der Waals surface area (Å²) in [6.45, 7) is 10.7. The summed E-state index contributed by atoms with van der Waals surface area (Å²) in [4.78, 5) is 11.5. The molecule has 4 N–H and O–H groups in total. The lowest BCUT2D eigenvalue weighted by Crippen LogP contribution is -2.17. The molecule has 0 spiro atoms. The molecular formula is C17H30N2O2. The zero-order chi connectivity index (χ0) is 16.4. The van der Waals surface area contributed by atoms with Crippen LogP contribution in [0, 0.1) is 5.92 Å². The van der Waals surface area contributed by atoms with Gasteiger partial charge in [0.15, 0.2) is 0 Å². The van der Waals surface area contributed by atoms with Crippen LogP contribution in [0.2, 0.25) is 0 Å². The lowest BCUT2D eigenvalue weighted by molar-refractivity contribution is 0.0995. The lowest BCUT2D eigenvalue weighted by Gasteiger charge is -2.16. The first-order chi connectivity index (χ1) is 9.99. The fourth-order valence-electron chi connectivity index (χ4n) is 1.88. The van der Waals surface area contributed by atoms with E-state index in [0.717, 1.165) is 18.4 Å². The van der Waals surface area contributed by atoms with Gasteiger partial charge in [0.05, 0.1) is 12.2 Å². The van der Waals surface area contributed by atoms with E-state index >= 15 is 0 Å². The van der Waals surface area contributed by atoms with E-state index in [-0.39, 0.29) is 6.04 Å². The van der Waals surface area contributed by atoms with Crippen LogP contribution >= 0.6 is 0 Å². The summed E-state index contributed by atoms with van der Waals surface area (Å²) in [7, 11) is 0. The first kappa shape index (κ1) is 19.4. The van der Waals surface area contributed by atoms with E-state index in [2.05, 4.69) is 13.8 Å². The molecular weight excluding hydrogens is 264 g/mol. The minimum atomic E-state index is -0.484. The highest BCUT2D eigenvalue weighted by atomic mass is 16.5. The molecule has 1 aromatic carbocycles. The Morgan fingerprint density at radius 1 is 1.24 bits per heavy atom. The molecule has 0 heterocycles. The van der Waals surface area contributed by atoms with Gasteiger partial charge in [0, 0.05) is 6.04 Å². The Balaban J connectivity index is 0.00000191. The van der Waals surface area contributed by atoms with E-state index in [1.807, 2.05) is 26.8 Å². The smallest absolute Gasteiger partial charge is 0.252 e. The standard InChI is InChI=1S/C15H24N2O2.C2H6/c1-4-11(5-2)9-19-14-7-6-12(10(3)16)8-13(14)15(17)18;1-2/h6-8,10-11H,4-5,9,16H2,1-3H3,(H2,17,18);1-2H3. The Morgan fingerprint density at radius 3 is 2.24 bits per heavy atom. The van der Waals surface area contributed by atoms with Gasteiger partial charge in [-0.3, -0.25) is 4.79 Å². The van der Waals surface area contributed by atoms with Crippen molar-refractivity contribution in [1.82, 2.24) is 0 Å². The summed E-state index contributed by atoms with van der Waals surface area (Å²) in [6.07, 6.45) is 2.11. The second-order valence-corrected chi connectivity index (χ2v) is 4.90. The van der Waals surface area contributed by atoms with Crippen LogP contribution in [0.15, 0.2) is 18.2 Å². The second-order valence-electron chi connectivity index (χ2n) is 4.90. The number of benzene rings is 1. The molecule has 0 aliphatic rings. The van der Waals surface area contributed by atoms with Crippen molar-refractivity contribution in [2.24, 2.45) is 17.4 Å². The highest BCUT2D eigenvalue weighted by molar-refractivity contribution is 5.95. The molecule has 1 rings (SSSR count). The normalized spacial score (nSPS) is 11.6. The molecule has 1 atom stereocenters. The van der Waals surface area contributed by atoms with E-state index < -0.39 is 5.91 Å². The number of carbonyl (C=O) groups is 1. The first-order valence-corrected chi connectivity index (χ1v) is 7.81. The summed E-state index contributed by atoms with van der Waals surface area (Å²) in [5.74, 6) is 0.555. The molecule has 0 aromatic heterocycles. The monoisotopic (exact) mass is 294 g/mol. The molecule has 120 valence electrons. The third-order valence-corrected chi connectivity index (χ3v) is 3.42. The molecule has 0 aliphatic carbocycles. The topological polar surface area (TPSA) is 78.3 Å². The van der Waals surface area contributed by atoms with E-state index in [1.165, 1.54) is 0 Å². The minimum Gasteiger partial charge on any atom is -0.492 e. The molecule has 4 heteroatoms. The van der Waals surface area contributed by atoms with Gasteiger partial charge < -0.3 is 16.2 Å². The fraction of sp³-hybridized carbons (Fsp3) is 0.588. The number of ether oxygens (including phenoxy) is 1. The van der Waals surface area contributed by atoms with Gasteiger partial charge in [0.2, 0.25) is 0 Å². The van der Waals surface area contributed by atoms with Crippen LogP contribution in [-0.2, 0) is 0 Å². The Hall–Kier alpha value is -1.55. The molecule has 1 aromatic rings. The average molecular weight is 294 g/mol. The van der Waals surface area contributed by atoms with Crippen LogP contribution < -0.4 is 16.2 Å². The maximum atomic E-state index is 11.5. The fourth-order valence-corrected chi connectivity index (χ4v) is 1.88. The SMILES string of the molecule is CC.CCC(CC)COc1ccc(C(C)N)cc1C(N)=O. The van der Waals surface area contributed by atoms with Crippen molar-refractivity contribution in [2.75, 3.05) is 6.61 Å². The third-order valence-electron chi connectivity index (χ3n) is 3.42. The van der Waals surface area contributed by atoms with Crippen LogP contribution in [-0.4, -0.2) is 12.5 Å². The van der Waals surface area contributed by atoms with Crippen molar-refractivity contribution >= 4 is 5.91 Å². The van der Waals surface area contributed by atoms with Crippen molar-refractivity contribution in [3.05, 3.63) is 29.3 Å². The summed E-state index contributed by atoms with van der Waals surface area (Å²) < 4.78 is 5.74. The molecule has 1 amide bonds. The lowest BCUT2D eigenvalue weighted by atomic mass is 10.0. The second kappa shape index (κ2) is 10.2. The molecule has 0 bridgehead atoms. The summed E-state index contributed by atoms with van der Waals surface area (Å²) in [5, 5.41) is 0.